The van der Waals surface area contributed by atoms with Crippen LogP contribution in [0.25, 0.3) is 5.76 Å². The maximum Gasteiger partial charge on any atom is 0.300 e. The minimum absolute atomic E-state index is 0.122. The minimum Gasteiger partial charge on any atom is -0.507 e. The quantitative estimate of drug-likeness (QED) is 0.318. The van der Waals surface area contributed by atoms with E-state index in [-0.39, 0.29) is 11.3 Å². The number of rotatable bonds is 3. The van der Waals surface area contributed by atoms with Crippen molar-refractivity contribution in [3.8, 4) is 0 Å². The standard InChI is InChI=1S/C26H25NO3S/c1-14-6-7-16(3)20(12-14)23(28)21-22(25-17(4)10-11-31-25)27(26(30)24(21)29)19-9-8-15(2)18(5)13-19/h6-13,22,28H,1-5H3/b23-21-. The van der Waals surface area contributed by atoms with Crippen molar-refractivity contribution in [3.63, 3.8) is 0 Å². The highest BCUT2D eigenvalue weighted by molar-refractivity contribution is 7.10. The first kappa shape index (κ1) is 21.1. The van der Waals surface area contributed by atoms with E-state index in [0.29, 0.717) is 11.3 Å². The van der Waals surface area contributed by atoms with Crippen molar-refractivity contribution < 1.29 is 14.7 Å². The van der Waals surface area contributed by atoms with Gasteiger partial charge in [0, 0.05) is 16.1 Å². The molecule has 0 spiro atoms. The maximum absolute atomic E-state index is 13.3. The van der Waals surface area contributed by atoms with Gasteiger partial charge in [0.25, 0.3) is 11.7 Å². The average Bonchev–Trinajstić information content (AvgIpc) is 3.26. The van der Waals surface area contributed by atoms with Crippen LogP contribution < -0.4 is 4.90 Å². The second-order valence-corrected chi connectivity index (χ2v) is 9.17. The molecule has 1 fully saturated rings. The SMILES string of the molecule is Cc1ccc(C)c(/C(O)=C2/C(=O)C(=O)N(c3ccc(C)c(C)c3)C2c2sccc2C)c1. The van der Waals surface area contributed by atoms with Gasteiger partial charge in [-0.2, -0.15) is 0 Å². The first-order valence-corrected chi connectivity index (χ1v) is 11.1. The summed E-state index contributed by atoms with van der Waals surface area (Å²) >= 11 is 1.49. The third-order valence-corrected chi connectivity index (χ3v) is 7.08. The number of Topliss-reactive ketones (excluding diaryl/α,β-unsaturated/α-hetero) is 1. The van der Waals surface area contributed by atoms with Crippen LogP contribution in [0, 0.1) is 34.6 Å². The zero-order valence-electron chi connectivity index (χ0n) is 18.3. The summed E-state index contributed by atoms with van der Waals surface area (Å²) in [5, 5.41) is 13.3. The lowest BCUT2D eigenvalue weighted by Crippen LogP contribution is -2.29. The van der Waals surface area contributed by atoms with E-state index in [1.807, 2.05) is 82.5 Å². The zero-order chi connectivity index (χ0) is 22.4. The maximum atomic E-state index is 13.3. The molecule has 3 aromatic rings. The number of carbonyl (C=O) groups is 2. The van der Waals surface area contributed by atoms with Crippen LogP contribution in [0.4, 0.5) is 5.69 Å². The van der Waals surface area contributed by atoms with Gasteiger partial charge < -0.3 is 5.11 Å². The summed E-state index contributed by atoms with van der Waals surface area (Å²) < 4.78 is 0. The molecule has 1 amide bonds. The first-order valence-electron chi connectivity index (χ1n) is 10.2. The van der Waals surface area contributed by atoms with Crippen LogP contribution >= 0.6 is 11.3 Å². The highest BCUT2D eigenvalue weighted by atomic mass is 32.1. The minimum atomic E-state index is -0.665. The van der Waals surface area contributed by atoms with Crippen molar-refractivity contribution in [1.29, 1.82) is 0 Å². The Kier molecular flexibility index (Phi) is 5.31. The van der Waals surface area contributed by atoms with E-state index in [1.165, 1.54) is 16.2 Å². The van der Waals surface area contributed by atoms with Crippen molar-refractivity contribution in [3.05, 3.63) is 91.7 Å². The van der Waals surface area contributed by atoms with Gasteiger partial charge in [-0.25, -0.2) is 0 Å². The molecule has 4 nitrogen and oxygen atoms in total. The molecular formula is C26H25NO3S. The summed E-state index contributed by atoms with van der Waals surface area (Å²) in [5.41, 5.74) is 6.33. The molecule has 2 heterocycles. The number of aryl methyl sites for hydroxylation is 5. The van der Waals surface area contributed by atoms with Crippen LogP contribution in [0.1, 0.15) is 44.3 Å². The average molecular weight is 432 g/mol. The van der Waals surface area contributed by atoms with E-state index < -0.39 is 17.7 Å². The number of hydrogen-bond acceptors (Lipinski definition) is 4. The van der Waals surface area contributed by atoms with E-state index in [2.05, 4.69) is 0 Å². The number of anilines is 1. The molecule has 1 aromatic heterocycles. The summed E-state index contributed by atoms with van der Waals surface area (Å²) in [6.07, 6.45) is 0. The fourth-order valence-electron chi connectivity index (χ4n) is 4.02. The third-order valence-electron chi connectivity index (χ3n) is 6.01. The molecule has 2 aromatic carbocycles. The van der Waals surface area contributed by atoms with Gasteiger partial charge in [-0.15, -0.1) is 11.3 Å². The lowest BCUT2D eigenvalue weighted by molar-refractivity contribution is -0.132. The Labute approximate surface area is 186 Å². The lowest BCUT2D eigenvalue weighted by Gasteiger charge is -2.25. The molecule has 1 N–H and O–H groups in total. The lowest BCUT2D eigenvalue weighted by atomic mass is 9.95. The number of carbonyl (C=O) groups excluding carboxylic acids is 2. The van der Waals surface area contributed by atoms with E-state index >= 15 is 0 Å². The Bertz CT molecular complexity index is 1250. The van der Waals surface area contributed by atoms with Crippen molar-refractivity contribution in [1.82, 2.24) is 0 Å². The highest BCUT2D eigenvalue weighted by Gasteiger charge is 2.48. The summed E-state index contributed by atoms with van der Waals surface area (Å²) in [6, 6.07) is 12.8. The van der Waals surface area contributed by atoms with Crippen molar-refractivity contribution in [2.75, 3.05) is 4.90 Å². The summed E-state index contributed by atoms with van der Waals surface area (Å²) in [4.78, 5) is 28.9. The van der Waals surface area contributed by atoms with Gasteiger partial charge in [-0.1, -0.05) is 23.8 Å². The van der Waals surface area contributed by atoms with E-state index in [4.69, 9.17) is 0 Å². The molecule has 31 heavy (non-hydrogen) atoms. The molecular weight excluding hydrogens is 406 g/mol. The Hall–Kier alpha value is -3.18. The number of aliphatic hydroxyl groups is 1. The summed E-state index contributed by atoms with van der Waals surface area (Å²) in [6.45, 7) is 9.78. The molecule has 158 valence electrons. The van der Waals surface area contributed by atoms with Crippen LogP contribution in [0.15, 0.2) is 53.4 Å². The van der Waals surface area contributed by atoms with Crippen molar-refractivity contribution in [2.24, 2.45) is 0 Å². The van der Waals surface area contributed by atoms with Crippen LogP contribution in [-0.2, 0) is 9.59 Å². The van der Waals surface area contributed by atoms with Crippen molar-refractivity contribution in [2.45, 2.75) is 40.7 Å². The largest absolute Gasteiger partial charge is 0.507 e. The molecule has 1 unspecified atom stereocenters. The Morgan fingerprint density at radius 3 is 2.23 bits per heavy atom. The topological polar surface area (TPSA) is 57.6 Å². The molecule has 5 heteroatoms. The Morgan fingerprint density at radius 2 is 1.58 bits per heavy atom. The summed E-state index contributed by atoms with van der Waals surface area (Å²) in [5.74, 6) is -1.40. The number of nitrogens with zero attached hydrogens (tertiary/aromatic N) is 1. The van der Waals surface area contributed by atoms with Crippen LogP contribution in [0.5, 0.6) is 0 Å². The predicted octanol–water partition coefficient (Wildman–Crippen LogP) is 5.92. The van der Waals surface area contributed by atoms with Gasteiger partial charge in [0.1, 0.15) is 11.8 Å². The van der Waals surface area contributed by atoms with Gasteiger partial charge in [0.2, 0.25) is 0 Å². The monoisotopic (exact) mass is 431 g/mol. The van der Waals surface area contributed by atoms with Gasteiger partial charge >= 0.3 is 0 Å². The molecule has 1 saturated heterocycles. The van der Waals surface area contributed by atoms with E-state index in [1.54, 1.807) is 0 Å². The zero-order valence-corrected chi connectivity index (χ0v) is 19.1. The van der Waals surface area contributed by atoms with Gasteiger partial charge in [-0.05, 0) is 86.5 Å². The molecule has 4 rings (SSSR count). The van der Waals surface area contributed by atoms with E-state index in [9.17, 15) is 14.7 Å². The predicted molar refractivity (Wildman–Crippen MR) is 126 cm³/mol. The smallest absolute Gasteiger partial charge is 0.300 e. The first-order chi connectivity index (χ1) is 14.7. The molecule has 1 aliphatic heterocycles. The second-order valence-electron chi connectivity index (χ2n) is 8.22. The summed E-state index contributed by atoms with van der Waals surface area (Å²) in [7, 11) is 0. The molecule has 1 aliphatic rings. The van der Waals surface area contributed by atoms with Crippen LogP contribution in [0.3, 0.4) is 0 Å². The highest BCUT2D eigenvalue weighted by Crippen LogP contribution is 2.45. The second kappa shape index (κ2) is 7.82. The van der Waals surface area contributed by atoms with Crippen LogP contribution in [0.2, 0.25) is 0 Å². The van der Waals surface area contributed by atoms with Crippen molar-refractivity contribution >= 4 is 34.5 Å². The number of benzene rings is 2. The normalized spacial score (nSPS) is 18.1. The Balaban J connectivity index is 1.99. The number of aliphatic hydroxyl groups excluding tert-OH is 1. The fraction of sp³-hybridized carbons (Fsp3) is 0.231. The number of ketones is 1. The van der Waals surface area contributed by atoms with Gasteiger partial charge in [0.15, 0.2) is 0 Å². The number of hydrogen-bond donors (Lipinski definition) is 1. The molecule has 0 aliphatic carbocycles. The number of amides is 1. The molecule has 0 bridgehead atoms. The number of thiophene rings is 1. The van der Waals surface area contributed by atoms with Crippen LogP contribution in [-0.4, -0.2) is 16.8 Å². The van der Waals surface area contributed by atoms with Gasteiger partial charge in [0.05, 0.1) is 5.57 Å². The molecule has 1 atom stereocenters. The molecule has 0 saturated carbocycles. The molecule has 0 radical (unpaired) electrons. The van der Waals surface area contributed by atoms with Gasteiger partial charge in [-0.3, -0.25) is 14.5 Å². The Morgan fingerprint density at radius 1 is 0.871 bits per heavy atom. The fourth-order valence-corrected chi connectivity index (χ4v) is 5.05. The van der Waals surface area contributed by atoms with E-state index in [0.717, 1.165) is 32.7 Å². The third kappa shape index (κ3) is 3.49.